The summed E-state index contributed by atoms with van der Waals surface area (Å²) in [5.74, 6) is 2.23. The molecule has 0 bridgehead atoms. The molecular formula is C19H16ClN3OS. The zero-order valence-electron chi connectivity index (χ0n) is 13.7. The van der Waals surface area contributed by atoms with Gasteiger partial charge in [0.25, 0.3) is 0 Å². The normalized spacial score (nSPS) is 17.7. The molecule has 6 heteroatoms. The Hall–Kier alpha value is -2.11. The SMILES string of the molecule is COc1ccc(CNc2ncnc3sc4c(c23)C2=CCCC24)cc1Cl. The topological polar surface area (TPSA) is 47.0 Å². The highest BCUT2D eigenvalue weighted by atomic mass is 35.5. The first-order valence-electron chi connectivity index (χ1n) is 8.30. The molecule has 0 saturated heterocycles. The van der Waals surface area contributed by atoms with Gasteiger partial charge in [-0.3, -0.25) is 0 Å². The molecule has 0 saturated carbocycles. The quantitative estimate of drug-likeness (QED) is 0.683. The number of fused-ring (bicyclic) bond motifs is 6. The van der Waals surface area contributed by atoms with E-state index in [4.69, 9.17) is 16.3 Å². The number of nitrogens with zero attached hydrogens (tertiary/aromatic N) is 2. The molecule has 0 amide bonds. The molecule has 126 valence electrons. The smallest absolute Gasteiger partial charge is 0.139 e. The van der Waals surface area contributed by atoms with E-state index in [9.17, 15) is 0 Å². The van der Waals surface area contributed by atoms with Crippen LogP contribution in [-0.2, 0) is 6.54 Å². The summed E-state index contributed by atoms with van der Waals surface area (Å²) in [4.78, 5) is 11.5. The van der Waals surface area contributed by atoms with E-state index in [-0.39, 0.29) is 0 Å². The lowest BCUT2D eigenvalue weighted by atomic mass is 9.80. The van der Waals surface area contributed by atoms with Gasteiger partial charge in [0.15, 0.2) is 0 Å². The Balaban J connectivity index is 1.48. The standard InChI is InChI=1S/C19H16ClN3OS/c1-24-14-6-5-10(7-13(14)20)8-21-18-16-15-11-3-2-4-12(11)17(15)25-19(16)23-9-22-18/h3,5-7,9,12H,2,4,8H2,1H3,(H,21,22,23). The summed E-state index contributed by atoms with van der Waals surface area (Å²) in [6.07, 6.45) is 6.45. The number of thiophene rings is 1. The molecule has 1 unspecified atom stereocenters. The second-order valence-electron chi connectivity index (χ2n) is 6.36. The molecule has 5 rings (SSSR count). The minimum Gasteiger partial charge on any atom is -0.495 e. The summed E-state index contributed by atoms with van der Waals surface area (Å²) in [5.41, 5.74) is 3.95. The molecule has 4 nitrogen and oxygen atoms in total. The van der Waals surface area contributed by atoms with E-state index in [2.05, 4.69) is 21.4 Å². The van der Waals surface area contributed by atoms with Crippen molar-refractivity contribution >= 4 is 44.5 Å². The van der Waals surface area contributed by atoms with Gasteiger partial charge in [-0.05, 0) is 36.1 Å². The van der Waals surface area contributed by atoms with Crippen LogP contribution in [0.15, 0.2) is 30.6 Å². The zero-order valence-corrected chi connectivity index (χ0v) is 15.2. The average Bonchev–Trinajstić information content (AvgIpc) is 3.17. The van der Waals surface area contributed by atoms with Crippen molar-refractivity contribution < 1.29 is 4.74 Å². The van der Waals surface area contributed by atoms with Gasteiger partial charge in [-0.2, -0.15) is 0 Å². The third kappa shape index (κ3) is 2.26. The van der Waals surface area contributed by atoms with E-state index in [1.54, 1.807) is 13.4 Å². The lowest BCUT2D eigenvalue weighted by Crippen LogP contribution is -2.10. The Morgan fingerprint density at radius 2 is 2.28 bits per heavy atom. The first-order chi connectivity index (χ1) is 12.3. The van der Waals surface area contributed by atoms with Crippen molar-refractivity contribution in [1.82, 2.24) is 9.97 Å². The summed E-state index contributed by atoms with van der Waals surface area (Å²) >= 11 is 8.04. The number of benzene rings is 1. The van der Waals surface area contributed by atoms with Crippen LogP contribution < -0.4 is 10.1 Å². The number of rotatable bonds is 4. The lowest BCUT2D eigenvalue weighted by Gasteiger charge is -2.26. The van der Waals surface area contributed by atoms with Crippen LogP contribution in [0.5, 0.6) is 5.75 Å². The maximum absolute atomic E-state index is 6.22. The first kappa shape index (κ1) is 15.2. The summed E-state index contributed by atoms with van der Waals surface area (Å²) in [6, 6.07) is 5.82. The van der Waals surface area contributed by atoms with Gasteiger partial charge in [-0.25, -0.2) is 9.97 Å². The van der Waals surface area contributed by atoms with Gasteiger partial charge in [0, 0.05) is 22.9 Å². The van der Waals surface area contributed by atoms with Crippen LogP contribution in [0.3, 0.4) is 0 Å². The van der Waals surface area contributed by atoms with E-state index in [0.29, 0.717) is 23.2 Å². The molecule has 25 heavy (non-hydrogen) atoms. The van der Waals surface area contributed by atoms with Crippen LogP contribution in [0, 0.1) is 0 Å². The van der Waals surface area contributed by atoms with Gasteiger partial charge in [0.1, 0.15) is 22.7 Å². The van der Waals surface area contributed by atoms with E-state index in [1.165, 1.54) is 34.2 Å². The van der Waals surface area contributed by atoms with Crippen LogP contribution in [0.2, 0.25) is 5.02 Å². The minimum atomic E-state index is 0.619. The number of methoxy groups -OCH3 is 1. The first-order valence-corrected chi connectivity index (χ1v) is 9.50. The van der Waals surface area contributed by atoms with Crippen molar-refractivity contribution in [2.75, 3.05) is 12.4 Å². The molecule has 0 radical (unpaired) electrons. The number of hydrogen-bond acceptors (Lipinski definition) is 5. The van der Waals surface area contributed by atoms with Crippen molar-refractivity contribution in [3.8, 4) is 5.75 Å². The molecule has 3 aromatic rings. The second kappa shape index (κ2) is 5.71. The summed E-state index contributed by atoms with van der Waals surface area (Å²) in [5, 5.41) is 5.26. The average molecular weight is 370 g/mol. The predicted molar refractivity (Wildman–Crippen MR) is 103 cm³/mol. The van der Waals surface area contributed by atoms with Crippen LogP contribution in [0.4, 0.5) is 5.82 Å². The molecule has 2 aliphatic carbocycles. The van der Waals surface area contributed by atoms with E-state index in [0.717, 1.165) is 16.2 Å². The summed E-state index contributed by atoms with van der Waals surface area (Å²) < 4.78 is 5.21. The summed E-state index contributed by atoms with van der Waals surface area (Å²) in [6.45, 7) is 0.656. The van der Waals surface area contributed by atoms with E-state index >= 15 is 0 Å². The molecular weight excluding hydrogens is 354 g/mol. The van der Waals surface area contributed by atoms with Gasteiger partial charge < -0.3 is 10.1 Å². The van der Waals surface area contributed by atoms with Crippen molar-refractivity contribution in [1.29, 1.82) is 0 Å². The number of halogens is 1. The number of ether oxygens (including phenoxy) is 1. The van der Waals surface area contributed by atoms with E-state index < -0.39 is 0 Å². The highest BCUT2D eigenvalue weighted by molar-refractivity contribution is 7.19. The molecule has 2 aromatic heterocycles. The van der Waals surface area contributed by atoms with Gasteiger partial charge >= 0.3 is 0 Å². The van der Waals surface area contributed by atoms with Crippen molar-refractivity contribution in [3.63, 3.8) is 0 Å². The summed E-state index contributed by atoms with van der Waals surface area (Å²) in [7, 11) is 1.62. The second-order valence-corrected chi connectivity index (χ2v) is 7.79. The molecule has 1 aromatic carbocycles. The van der Waals surface area contributed by atoms with Gasteiger partial charge in [0.05, 0.1) is 17.5 Å². The number of allylic oxidation sites excluding steroid dienone is 2. The molecule has 0 fully saturated rings. The number of aromatic nitrogens is 2. The Morgan fingerprint density at radius 1 is 1.36 bits per heavy atom. The highest BCUT2D eigenvalue weighted by Crippen LogP contribution is 2.59. The molecule has 1 atom stereocenters. The third-order valence-electron chi connectivity index (χ3n) is 4.99. The fourth-order valence-corrected chi connectivity index (χ4v) is 5.39. The van der Waals surface area contributed by atoms with Crippen LogP contribution >= 0.6 is 22.9 Å². The van der Waals surface area contributed by atoms with Crippen molar-refractivity contribution in [2.45, 2.75) is 25.3 Å². The monoisotopic (exact) mass is 369 g/mol. The number of nitrogens with one attached hydrogen (secondary N) is 1. The van der Waals surface area contributed by atoms with Gasteiger partial charge in [-0.15, -0.1) is 11.3 Å². The molecule has 0 aliphatic heterocycles. The molecule has 1 N–H and O–H groups in total. The largest absolute Gasteiger partial charge is 0.495 e. The predicted octanol–water partition coefficient (Wildman–Crippen LogP) is 5.24. The zero-order chi connectivity index (χ0) is 17.0. The fourth-order valence-electron chi connectivity index (χ4n) is 3.80. The Bertz CT molecular complexity index is 1030. The van der Waals surface area contributed by atoms with E-state index in [1.807, 2.05) is 29.5 Å². The third-order valence-corrected chi connectivity index (χ3v) is 6.50. The molecule has 0 spiro atoms. The van der Waals surface area contributed by atoms with Crippen LogP contribution in [-0.4, -0.2) is 17.1 Å². The minimum absolute atomic E-state index is 0.619. The fraction of sp³-hybridized carbons (Fsp3) is 0.263. The van der Waals surface area contributed by atoms with Gasteiger partial charge in [0.2, 0.25) is 0 Å². The Kier molecular flexibility index (Phi) is 3.47. The maximum Gasteiger partial charge on any atom is 0.139 e. The highest BCUT2D eigenvalue weighted by Gasteiger charge is 2.39. The van der Waals surface area contributed by atoms with Crippen molar-refractivity contribution in [3.05, 3.63) is 51.6 Å². The Labute approximate surface area is 154 Å². The maximum atomic E-state index is 6.22. The molecule has 2 aliphatic rings. The van der Waals surface area contributed by atoms with Crippen LogP contribution in [0.25, 0.3) is 15.8 Å². The van der Waals surface area contributed by atoms with Crippen molar-refractivity contribution in [2.24, 2.45) is 0 Å². The Morgan fingerprint density at radius 3 is 3.12 bits per heavy atom. The lowest BCUT2D eigenvalue weighted by molar-refractivity contribution is 0.415. The number of anilines is 1. The van der Waals surface area contributed by atoms with Gasteiger partial charge in [-0.1, -0.05) is 23.7 Å². The van der Waals surface area contributed by atoms with Crippen LogP contribution in [0.1, 0.15) is 34.8 Å². The molecule has 2 heterocycles. The number of hydrogen-bond donors (Lipinski definition) is 1.